The van der Waals surface area contributed by atoms with Crippen LogP contribution in [0.3, 0.4) is 0 Å². The number of carbonyl (C=O) groups excluding carboxylic acids is 1. The van der Waals surface area contributed by atoms with Gasteiger partial charge in [0.15, 0.2) is 0 Å². The Morgan fingerprint density at radius 2 is 2.30 bits per heavy atom. The van der Waals surface area contributed by atoms with E-state index in [1.165, 1.54) is 4.88 Å². The lowest BCUT2D eigenvalue weighted by atomic mass is 9.91. The molecular formula is C15H24N2O2S. The molecule has 2 rings (SSSR count). The summed E-state index contributed by atoms with van der Waals surface area (Å²) >= 11 is 1.72. The second-order valence-corrected chi connectivity index (χ2v) is 6.55. The predicted octanol–water partition coefficient (Wildman–Crippen LogP) is 1.64. The lowest BCUT2D eigenvalue weighted by Crippen LogP contribution is -2.47. The maximum Gasteiger partial charge on any atom is 0.234 e. The van der Waals surface area contributed by atoms with E-state index in [9.17, 15) is 9.90 Å². The van der Waals surface area contributed by atoms with Crippen molar-refractivity contribution in [2.24, 2.45) is 0 Å². The van der Waals surface area contributed by atoms with E-state index >= 15 is 0 Å². The number of nitrogens with one attached hydrogen (secondary N) is 1. The molecule has 2 atom stereocenters. The van der Waals surface area contributed by atoms with Gasteiger partial charge < -0.3 is 10.4 Å². The van der Waals surface area contributed by atoms with Crippen LogP contribution in [0.15, 0.2) is 17.5 Å². The second-order valence-electron chi connectivity index (χ2n) is 5.51. The number of nitrogens with zero attached hydrogens (tertiary/aromatic N) is 1. The number of aliphatic hydroxyl groups excluding tert-OH is 1. The van der Waals surface area contributed by atoms with Gasteiger partial charge in [-0.1, -0.05) is 18.9 Å². The van der Waals surface area contributed by atoms with Gasteiger partial charge in [-0.3, -0.25) is 9.69 Å². The molecule has 1 heterocycles. The molecule has 0 radical (unpaired) electrons. The Morgan fingerprint density at radius 1 is 1.50 bits per heavy atom. The van der Waals surface area contributed by atoms with Crippen molar-refractivity contribution < 1.29 is 9.90 Å². The van der Waals surface area contributed by atoms with Gasteiger partial charge in [-0.15, -0.1) is 11.3 Å². The van der Waals surface area contributed by atoms with E-state index in [0.717, 1.165) is 32.1 Å². The first-order chi connectivity index (χ1) is 9.66. The molecule has 0 aromatic carbocycles. The largest absolute Gasteiger partial charge is 0.391 e. The minimum Gasteiger partial charge on any atom is -0.391 e. The van der Waals surface area contributed by atoms with Crippen LogP contribution in [0.5, 0.6) is 0 Å². The van der Waals surface area contributed by atoms with Crippen molar-refractivity contribution in [2.75, 3.05) is 20.1 Å². The van der Waals surface area contributed by atoms with Gasteiger partial charge in [-0.2, -0.15) is 0 Å². The van der Waals surface area contributed by atoms with Crippen LogP contribution < -0.4 is 5.32 Å². The molecule has 4 nitrogen and oxygen atoms in total. The predicted molar refractivity (Wildman–Crippen MR) is 81.9 cm³/mol. The number of amides is 1. The smallest absolute Gasteiger partial charge is 0.234 e. The number of hydrogen-bond donors (Lipinski definition) is 2. The van der Waals surface area contributed by atoms with Crippen molar-refractivity contribution in [3.63, 3.8) is 0 Å². The summed E-state index contributed by atoms with van der Waals surface area (Å²) in [6.07, 6.45) is 4.69. The summed E-state index contributed by atoms with van der Waals surface area (Å²) < 4.78 is 0. The molecule has 2 unspecified atom stereocenters. The van der Waals surface area contributed by atoms with Gasteiger partial charge in [0.1, 0.15) is 0 Å². The number of carbonyl (C=O) groups is 1. The summed E-state index contributed by atoms with van der Waals surface area (Å²) in [6, 6.07) is 4.24. The van der Waals surface area contributed by atoms with Crippen LogP contribution in [-0.2, 0) is 11.2 Å². The van der Waals surface area contributed by atoms with Crippen molar-refractivity contribution in [2.45, 2.75) is 44.2 Å². The molecule has 112 valence electrons. The Kier molecular flexibility index (Phi) is 6.01. The van der Waals surface area contributed by atoms with Crippen molar-refractivity contribution in [1.82, 2.24) is 10.2 Å². The Morgan fingerprint density at radius 3 is 3.00 bits per heavy atom. The average Bonchev–Trinajstić information content (AvgIpc) is 2.92. The Labute approximate surface area is 124 Å². The molecule has 5 heteroatoms. The monoisotopic (exact) mass is 296 g/mol. The fraction of sp³-hybridized carbons (Fsp3) is 0.667. The van der Waals surface area contributed by atoms with Gasteiger partial charge >= 0.3 is 0 Å². The van der Waals surface area contributed by atoms with Crippen LogP contribution in [-0.4, -0.2) is 48.2 Å². The SMILES string of the molecule is CN(CC(=O)NCCc1cccs1)C1CCCCC1O. The third-order valence-corrected chi connectivity index (χ3v) is 4.86. The molecule has 0 aliphatic heterocycles. The average molecular weight is 296 g/mol. The zero-order chi connectivity index (χ0) is 14.4. The van der Waals surface area contributed by atoms with Crippen molar-refractivity contribution in [3.05, 3.63) is 22.4 Å². The van der Waals surface area contributed by atoms with Crippen LogP contribution in [0.2, 0.25) is 0 Å². The summed E-state index contributed by atoms with van der Waals surface area (Å²) in [5.41, 5.74) is 0. The molecule has 1 amide bonds. The summed E-state index contributed by atoms with van der Waals surface area (Å²) in [5, 5.41) is 15.0. The highest BCUT2D eigenvalue weighted by Crippen LogP contribution is 2.22. The summed E-state index contributed by atoms with van der Waals surface area (Å²) in [5.74, 6) is 0.0434. The highest BCUT2D eigenvalue weighted by molar-refractivity contribution is 7.09. The molecular weight excluding hydrogens is 272 g/mol. The van der Waals surface area contributed by atoms with E-state index in [-0.39, 0.29) is 18.1 Å². The molecule has 1 aliphatic carbocycles. The first-order valence-electron chi connectivity index (χ1n) is 7.34. The van der Waals surface area contributed by atoms with E-state index in [0.29, 0.717) is 13.1 Å². The molecule has 1 aromatic rings. The molecule has 2 N–H and O–H groups in total. The Balaban J connectivity index is 1.67. The van der Waals surface area contributed by atoms with E-state index < -0.39 is 0 Å². The van der Waals surface area contributed by atoms with Crippen LogP contribution in [0.1, 0.15) is 30.6 Å². The van der Waals surface area contributed by atoms with Crippen LogP contribution in [0, 0.1) is 0 Å². The van der Waals surface area contributed by atoms with Crippen LogP contribution in [0.25, 0.3) is 0 Å². The zero-order valence-electron chi connectivity index (χ0n) is 12.0. The van der Waals surface area contributed by atoms with E-state index in [4.69, 9.17) is 0 Å². The van der Waals surface area contributed by atoms with Crippen molar-refractivity contribution in [3.8, 4) is 0 Å². The normalized spacial score (nSPS) is 22.9. The molecule has 0 saturated heterocycles. The topological polar surface area (TPSA) is 52.6 Å². The maximum absolute atomic E-state index is 11.9. The number of rotatable bonds is 6. The Bertz CT molecular complexity index is 408. The highest BCUT2D eigenvalue weighted by atomic mass is 32.1. The standard InChI is InChI=1S/C15H24N2O2S/c1-17(13-6-2-3-7-14(13)18)11-15(19)16-9-8-12-5-4-10-20-12/h4-5,10,13-14,18H,2-3,6-9,11H2,1H3,(H,16,19). The quantitative estimate of drug-likeness (QED) is 0.839. The van der Waals surface area contributed by atoms with E-state index in [1.54, 1.807) is 11.3 Å². The summed E-state index contributed by atoms with van der Waals surface area (Å²) in [4.78, 5) is 15.2. The summed E-state index contributed by atoms with van der Waals surface area (Å²) in [7, 11) is 1.93. The van der Waals surface area contributed by atoms with Crippen LogP contribution in [0.4, 0.5) is 0 Å². The van der Waals surface area contributed by atoms with Gasteiger partial charge in [-0.05, 0) is 37.8 Å². The first-order valence-corrected chi connectivity index (χ1v) is 8.22. The minimum absolute atomic E-state index is 0.0434. The third kappa shape index (κ3) is 4.58. The van der Waals surface area contributed by atoms with Gasteiger partial charge in [0, 0.05) is 17.5 Å². The zero-order valence-corrected chi connectivity index (χ0v) is 12.9. The van der Waals surface area contributed by atoms with Crippen LogP contribution >= 0.6 is 11.3 Å². The molecule has 20 heavy (non-hydrogen) atoms. The fourth-order valence-corrected chi connectivity index (χ4v) is 3.49. The molecule has 0 bridgehead atoms. The lowest BCUT2D eigenvalue weighted by Gasteiger charge is -2.34. The van der Waals surface area contributed by atoms with Gasteiger partial charge in [-0.25, -0.2) is 0 Å². The summed E-state index contributed by atoms with van der Waals surface area (Å²) in [6.45, 7) is 1.05. The minimum atomic E-state index is -0.285. The van der Waals surface area contributed by atoms with E-state index in [1.807, 2.05) is 18.0 Å². The first kappa shape index (κ1) is 15.5. The van der Waals surface area contributed by atoms with Crippen molar-refractivity contribution in [1.29, 1.82) is 0 Å². The lowest BCUT2D eigenvalue weighted by molar-refractivity contribution is -0.123. The van der Waals surface area contributed by atoms with Gasteiger partial charge in [0.2, 0.25) is 5.91 Å². The van der Waals surface area contributed by atoms with E-state index in [2.05, 4.69) is 16.8 Å². The second kappa shape index (κ2) is 7.76. The fourth-order valence-electron chi connectivity index (χ4n) is 2.79. The van der Waals surface area contributed by atoms with Crippen molar-refractivity contribution >= 4 is 17.2 Å². The molecule has 1 saturated carbocycles. The van der Waals surface area contributed by atoms with Gasteiger partial charge in [0.25, 0.3) is 0 Å². The van der Waals surface area contributed by atoms with Gasteiger partial charge in [0.05, 0.1) is 12.6 Å². The Hall–Kier alpha value is -0.910. The highest BCUT2D eigenvalue weighted by Gasteiger charge is 2.27. The maximum atomic E-state index is 11.9. The molecule has 1 fully saturated rings. The number of thiophene rings is 1. The molecule has 1 aromatic heterocycles. The number of aliphatic hydroxyl groups is 1. The number of hydrogen-bond acceptors (Lipinski definition) is 4. The molecule has 1 aliphatic rings. The third-order valence-electron chi connectivity index (χ3n) is 3.93. The molecule has 0 spiro atoms. The number of likely N-dealkylation sites (N-methyl/N-ethyl adjacent to an activating group) is 1.